The number of amides is 2. The Balaban J connectivity index is 2.07. The zero-order valence-electron chi connectivity index (χ0n) is 22.9. The van der Waals surface area contributed by atoms with Crippen molar-refractivity contribution in [2.75, 3.05) is 24.5 Å². The third-order valence-electron chi connectivity index (χ3n) is 6.32. The topological polar surface area (TPSA) is 96.0 Å². The molecule has 0 heterocycles. The number of nitrogens with one attached hydrogen (secondary N) is 1. The minimum atomic E-state index is -4.20. The molecular weight excluding hydrogens is 618 g/mol. The highest BCUT2D eigenvalue weighted by Gasteiger charge is 2.33. The number of rotatable bonds is 12. The molecule has 1 atom stereocenters. The quantitative estimate of drug-likeness (QED) is 0.277. The average Bonchev–Trinajstić information content (AvgIpc) is 2.93. The van der Waals surface area contributed by atoms with Gasteiger partial charge in [-0.2, -0.15) is 0 Å². The fraction of sp³-hybridized carbons (Fsp3) is 0.310. The Bertz CT molecular complexity index is 1430. The number of sulfonamides is 1. The van der Waals surface area contributed by atoms with Crippen molar-refractivity contribution in [2.45, 2.75) is 44.7 Å². The molecule has 11 heteroatoms. The largest absolute Gasteiger partial charge is 0.496 e. The number of anilines is 1. The van der Waals surface area contributed by atoms with Gasteiger partial charge in [0.15, 0.2) is 0 Å². The van der Waals surface area contributed by atoms with Gasteiger partial charge in [-0.25, -0.2) is 8.42 Å². The number of hydrogen-bond donors (Lipinski definition) is 1. The number of ether oxygens (including phenoxy) is 1. The van der Waals surface area contributed by atoms with Crippen LogP contribution in [0.2, 0.25) is 5.02 Å². The number of methoxy groups -OCH3 is 1. The van der Waals surface area contributed by atoms with Crippen LogP contribution in [0.1, 0.15) is 31.4 Å². The van der Waals surface area contributed by atoms with Crippen LogP contribution in [0.4, 0.5) is 5.69 Å². The van der Waals surface area contributed by atoms with Crippen molar-refractivity contribution in [2.24, 2.45) is 0 Å². The van der Waals surface area contributed by atoms with E-state index in [1.54, 1.807) is 61.5 Å². The number of carbonyl (C=O) groups excluding carboxylic acids is 2. The second-order valence-corrected chi connectivity index (χ2v) is 12.3. The number of nitrogens with zero attached hydrogens (tertiary/aromatic N) is 2. The number of hydrogen-bond acceptors (Lipinski definition) is 5. The van der Waals surface area contributed by atoms with Crippen LogP contribution >= 0.6 is 27.5 Å². The monoisotopic (exact) mass is 649 g/mol. The van der Waals surface area contributed by atoms with Gasteiger partial charge in [-0.15, -0.1) is 0 Å². The molecule has 0 saturated carbocycles. The first-order chi connectivity index (χ1) is 19.0. The highest BCUT2D eigenvalue weighted by Crippen LogP contribution is 2.31. The third kappa shape index (κ3) is 7.56. The van der Waals surface area contributed by atoms with Crippen LogP contribution in [-0.4, -0.2) is 51.4 Å². The van der Waals surface area contributed by atoms with E-state index in [0.717, 1.165) is 15.4 Å². The van der Waals surface area contributed by atoms with Crippen LogP contribution in [0, 0.1) is 6.92 Å². The Hall–Kier alpha value is -3.08. The molecule has 214 valence electrons. The molecule has 2 amide bonds. The summed E-state index contributed by atoms with van der Waals surface area (Å²) in [7, 11) is -2.72. The van der Waals surface area contributed by atoms with Crippen LogP contribution in [0.15, 0.2) is 76.1 Å². The van der Waals surface area contributed by atoms with Crippen LogP contribution in [-0.2, 0) is 26.2 Å². The maximum atomic E-state index is 14.0. The summed E-state index contributed by atoms with van der Waals surface area (Å²) in [5.74, 6) is -0.361. The van der Waals surface area contributed by atoms with E-state index in [2.05, 4.69) is 21.2 Å². The van der Waals surface area contributed by atoms with Crippen LogP contribution in [0.3, 0.4) is 0 Å². The fourth-order valence-electron chi connectivity index (χ4n) is 4.17. The molecule has 3 aromatic carbocycles. The molecule has 0 spiro atoms. The molecular formula is C29H33BrClN3O5S. The van der Waals surface area contributed by atoms with E-state index in [1.165, 1.54) is 24.1 Å². The van der Waals surface area contributed by atoms with Crippen molar-refractivity contribution in [3.8, 4) is 5.75 Å². The summed E-state index contributed by atoms with van der Waals surface area (Å²) in [6, 6.07) is 17.4. The van der Waals surface area contributed by atoms with Gasteiger partial charge in [0.2, 0.25) is 11.8 Å². The first-order valence-electron chi connectivity index (χ1n) is 12.8. The Morgan fingerprint density at radius 3 is 2.23 bits per heavy atom. The van der Waals surface area contributed by atoms with Crippen molar-refractivity contribution in [3.63, 3.8) is 0 Å². The molecule has 8 nitrogen and oxygen atoms in total. The second kappa shape index (κ2) is 14.0. The zero-order chi connectivity index (χ0) is 29.4. The number of aryl methyl sites for hydroxylation is 1. The van der Waals surface area contributed by atoms with E-state index in [0.29, 0.717) is 33.9 Å². The number of halogens is 2. The van der Waals surface area contributed by atoms with Crippen molar-refractivity contribution in [1.82, 2.24) is 10.2 Å². The highest BCUT2D eigenvalue weighted by molar-refractivity contribution is 9.10. The van der Waals surface area contributed by atoms with Crippen molar-refractivity contribution in [1.29, 1.82) is 0 Å². The minimum Gasteiger partial charge on any atom is -0.496 e. The smallest absolute Gasteiger partial charge is 0.264 e. The summed E-state index contributed by atoms with van der Waals surface area (Å²) in [5.41, 5.74) is 2.01. The summed E-state index contributed by atoms with van der Waals surface area (Å²) >= 11 is 9.40. The van der Waals surface area contributed by atoms with E-state index < -0.39 is 28.5 Å². The van der Waals surface area contributed by atoms with E-state index in [9.17, 15) is 18.0 Å². The Labute approximate surface area is 249 Å². The van der Waals surface area contributed by atoms with Crippen LogP contribution in [0.25, 0.3) is 0 Å². The maximum Gasteiger partial charge on any atom is 0.264 e. The SMILES string of the molecule is CCNC(=O)[C@H](CC)N(Cc1ccc(Cl)cc1)C(=O)CN(c1ccc(C)cc1)S(=O)(=O)c1ccc(OC)c(Br)c1. The Kier molecular flexibility index (Phi) is 11.0. The summed E-state index contributed by atoms with van der Waals surface area (Å²) in [6.45, 7) is 5.48. The van der Waals surface area contributed by atoms with Crippen molar-refractivity contribution >= 4 is 55.1 Å². The molecule has 0 aliphatic heterocycles. The van der Waals surface area contributed by atoms with Gasteiger partial charge in [-0.3, -0.25) is 13.9 Å². The summed E-state index contributed by atoms with van der Waals surface area (Å²) in [5, 5.41) is 3.33. The standard InChI is InChI=1S/C29H33BrClN3O5S/c1-5-26(29(36)32-6-2)33(18-21-9-11-22(31)12-10-21)28(35)19-34(23-13-7-20(3)8-14-23)40(37,38)24-15-16-27(39-4)25(30)17-24/h7-17,26H,5-6,18-19H2,1-4H3,(H,32,36)/t26-/m0/s1. The number of benzene rings is 3. The third-order valence-corrected chi connectivity index (χ3v) is 8.96. The molecule has 0 aromatic heterocycles. The highest BCUT2D eigenvalue weighted by atomic mass is 79.9. The van der Waals surface area contributed by atoms with E-state index >= 15 is 0 Å². The first kappa shape index (κ1) is 31.4. The number of likely N-dealkylation sites (N-methyl/N-ethyl adjacent to an activating group) is 1. The molecule has 0 unspecified atom stereocenters. The van der Waals surface area contributed by atoms with Crippen LogP contribution in [0.5, 0.6) is 5.75 Å². The van der Waals surface area contributed by atoms with Gasteiger partial charge in [0.25, 0.3) is 10.0 Å². The lowest BCUT2D eigenvalue weighted by atomic mass is 10.1. The van der Waals surface area contributed by atoms with Gasteiger partial charge in [0.1, 0.15) is 18.3 Å². The van der Waals surface area contributed by atoms with Gasteiger partial charge < -0.3 is 15.0 Å². The summed E-state index contributed by atoms with van der Waals surface area (Å²) < 4.78 is 34.8. The van der Waals surface area contributed by atoms with Gasteiger partial charge >= 0.3 is 0 Å². The predicted molar refractivity (Wildman–Crippen MR) is 161 cm³/mol. The second-order valence-electron chi connectivity index (χ2n) is 9.11. The van der Waals surface area contributed by atoms with Gasteiger partial charge in [0, 0.05) is 18.1 Å². The van der Waals surface area contributed by atoms with Crippen molar-refractivity contribution in [3.05, 3.63) is 87.4 Å². The molecule has 0 saturated heterocycles. The average molecular weight is 651 g/mol. The lowest BCUT2D eigenvalue weighted by Gasteiger charge is -2.33. The minimum absolute atomic E-state index is 0.0198. The molecule has 0 aliphatic rings. The molecule has 0 bridgehead atoms. The fourth-order valence-corrected chi connectivity index (χ4v) is 6.43. The molecule has 3 rings (SSSR count). The summed E-state index contributed by atoms with van der Waals surface area (Å²) in [6.07, 6.45) is 0.341. The van der Waals surface area contributed by atoms with Crippen LogP contribution < -0.4 is 14.4 Å². The molecule has 1 N–H and O–H groups in total. The zero-order valence-corrected chi connectivity index (χ0v) is 26.0. The van der Waals surface area contributed by atoms with Gasteiger partial charge in [0.05, 0.1) is 22.2 Å². The number of carbonyl (C=O) groups is 2. The van der Waals surface area contributed by atoms with E-state index in [4.69, 9.17) is 16.3 Å². The lowest BCUT2D eigenvalue weighted by molar-refractivity contribution is -0.140. The van der Waals surface area contributed by atoms with E-state index in [-0.39, 0.29) is 17.3 Å². The van der Waals surface area contributed by atoms with Gasteiger partial charge in [-0.05, 0) is 84.2 Å². The lowest BCUT2D eigenvalue weighted by Crippen LogP contribution is -2.52. The Morgan fingerprint density at radius 1 is 1.02 bits per heavy atom. The first-order valence-corrected chi connectivity index (χ1v) is 15.4. The summed E-state index contributed by atoms with van der Waals surface area (Å²) in [4.78, 5) is 28.4. The predicted octanol–water partition coefficient (Wildman–Crippen LogP) is 5.56. The van der Waals surface area contributed by atoms with Gasteiger partial charge in [-0.1, -0.05) is 48.4 Å². The molecule has 0 fully saturated rings. The molecule has 0 aliphatic carbocycles. The Morgan fingerprint density at radius 2 is 1.68 bits per heavy atom. The molecule has 0 radical (unpaired) electrons. The molecule has 40 heavy (non-hydrogen) atoms. The normalized spacial score (nSPS) is 11.9. The van der Waals surface area contributed by atoms with Crippen molar-refractivity contribution < 1.29 is 22.7 Å². The molecule has 3 aromatic rings. The van der Waals surface area contributed by atoms with E-state index in [1.807, 2.05) is 13.8 Å². The maximum absolute atomic E-state index is 14.0.